The van der Waals surface area contributed by atoms with Crippen molar-refractivity contribution >= 4 is 26.0 Å². The SMILES string of the molecule is COC(=O)c1ccc(S(=O)(=O)N(C(C)C)C(C)C)cc1S(=O)(=O)N(C(C)C)C(C)C. The maximum atomic E-state index is 13.5. The second-order valence-electron chi connectivity index (χ2n) is 8.19. The van der Waals surface area contributed by atoms with Gasteiger partial charge in [0.25, 0.3) is 0 Å². The molecule has 0 heterocycles. The van der Waals surface area contributed by atoms with Gasteiger partial charge in [-0.15, -0.1) is 0 Å². The Kier molecular flexibility index (Phi) is 8.63. The summed E-state index contributed by atoms with van der Waals surface area (Å²) >= 11 is 0. The number of carbonyl (C=O) groups is 1. The minimum absolute atomic E-state index is 0.191. The average Bonchev–Trinajstić information content (AvgIpc) is 2.58. The maximum absolute atomic E-state index is 13.5. The Hall–Kier alpha value is -1.49. The van der Waals surface area contributed by atoms with E-state index in [1.165, 1.54) is 20.7 Å². The molecule has 0 aliphatic heterocycles. The van der Waals surface area contributed by atoms with Gasteiger partial charge in [-0.3, -0.25) is 0 Å². The quantitative estimate of drug-likeness (QED) is 0.523. The first-order valence-corrected chi connectivity index (χ1v) is 12.8. The van der Waals surface area contributed by atoms with E-state index in [0.717, 1.165) is 13.2 Å². The summed E-state index contributed by atoms with van der Waals surface area (Å²) in [4.78, 5) is 11.7. The van der Waals surface area contributed by atoms with E-state index in [-0.39, 0.29) is 27.4 Å². The summed E-state index contributed by atoms with van der Waals surface area (Å²) in [5.74, 6) is -0.852. The van der Waals surface area contributed by atoms with E-state index in [1.54, 1.807) is 55.4 Å². The van der Waals surface area contributed by atoms with E-state index in [0.29, 0.717) is 0 Å². The van der Waals surface area contributed by atoms with Gasteiger partial charge in [0.15, 0.2) is 0 Å². The predicted octanol–water partition coefficient (Wildman–Crippen LogP) is 3.09. The fourth-order valence-electron chi connectivity index (χ4n) is 3.69. The Morgan fingerprint density at radius 2 is 1.17 bits per heavy atom. The molecule has 0 unspecified atom stereocenters. The Morgan fingerprint density at radius 3 is 1.53 bits per heavy atom. The number of ether oxygens (including phenoxy) is 1. The monoisotopic (exact) mass is 462 g/mol. The zero-order valence-corrected chi connectivity index (χ0v) is 20.8. The van der Waals surface area contributed by atoms with E-state index in [2.05, 4.69) is 0 Å². The zero-order valence-electron chi connectivity index (χ0n) is 19.2. The Labute approximate surface area is 181 Å². The lowest BCUT2D eigenvalue weighted by molar-refractivity contribution is 0.0595. The standard InChI is InChI=1S/C20H34N2O6S2/c1-13(2)21(14(3)4)29(24,25)17-10-11-18(20(23)28-9)19(12-17)30(26,27)22(15(5)6)16(7)8/h10-16H,1-9H3. The minimum atomic E-state index is -4.18. The van der Waals surface area contributed by atoms with E-state index >= 15 is 0 Å². The molecular weight excluding hydrogens is 428 g/mol. The second-order valence-corrected chi connectivity index (χ2v) is 11.8. The molecule has 0 fully saturated rings. The first-order valence-electron chi connectivity index (χ1n) is 9.90. The predicted molar refractivity (Wildman–Crippen MR) is 116 cm³/mol. The summed E-state index contributed by atoms with van der Waals surface area (Å²) in [6.45, 7) is 13.9. The Morgan fingerprint density at radius 1 is 0.767 bits per heavy atom. The first kappa shape index (κ1) is 26.5. The van der Waals surface area contributed by atoms with Gasteiger partial charge in [0.2, 0.25) is 20.0 Å². The van der Waals surface area contributed by atoms with Crippen LogP contribution >= 0.6 is 0 Å². The van der Waals surface area contributed by atoms with Crippen LogP contribution in [0.15, 0.2) is 28.0 Å². The molecule has 0 radical (unpaired) electrons. The number of methoxy groups -OCH3 is 1. The molecule has 1 rings (SSSR count). The molecule has 0 saturated heterocycles. The molecule has 0 spiro atoms. The van der Waals surface area contributed by atoms with Gasteiger partial charge in [0.05, 0.1) is 22.5 Å². The summed E-state index contributed by atoms with van der Waals surface area (Å²) in [5, 5.41) is 0. The highest BCUT2D eigenvalue weighted by Gasteiger charge is 2.36. The van der Waals surface area contributed by atoms with Gasteiger partial charge in [-0.05, 0) is 73.6 Å². The van der Waals surface area contributed by atoms with Gasteiger partial charge < -0.3 is 4.74 Å². The maximum Gasteiger partial charge on any atom is 0.339 e. The molecule has 0 aliphatic carbocycles. The summed E-state index contributed by atoms with van der Waals surface area (Å²) in [6.07, 6.45) is 0. The smallest absolute Gasteiger partial charge is 0.339 e. The number of benzene rings is 1. The first-order chi connectivity index (χ1) is 13.6. The number of hydrogen-bond donors (Lipinski definition) is 0. The number of esters is 1. The molecule has 0 N–H and O–H groups in total. The van der Waals surface area contributed by atoms with Crippen molar-refractivity contribution in [1.82, 2.24) is 8.61 Å². The number of hydrogen-bond acceptors (Lipinski definition) is 6. The van der Waals surface area contributed by atoms with E-state index in [4.69, 9.17) is 4.74 Å². The average molecular weight is 463 g/mol. The Bertz CT molecular complexity index is 951. The Balaban J connectivity index is 3.89. The van der Waals surface area contributed by atoms with E-state index in [1.807, 2.05) is 0 Å². The molecule has 0 saturated carbocycles. The molecule has 0 bridgehead atoms. The van der Waals surface area contributed by atoms with Crippen molar-refractivity contribution in [2.75, 3.05) is 7.11 Å². The van der Waals surface area contributed by atoms with Gasteiger partial charge in [-0.1, -0.05) is 0 Å². The lowest BCUT2D eigenvalue weighted by atomic mass is 10.2. The molecule has 0 amide bonds. The number of carbonyl (C=O) groups excluding carboxylic acids is 1. The second kappa shape index (κ2) is 9.76. The van der Waals surface area contributed by atoms with Gasteiger partial charge in [-0.25, -0.2) is 21.6 Å². The highest BCUT2D eigenvalue weighted by molar-refractivity contribution is 7.90. The molecule has 30 heavy (non-hydrogen) atoms. The van der Waals surface area contributed by atoms with Crippen molar-refractivity contribution in [3.05, 3.63) is 23.8 Å². The lowest BCUT2D eigenvalue weighted by Gasteiger charge is -2.31. The number of rotatable bonds is 9. The van der Waals surface area contributed by atoms with Crippen molar-refractivity contribution in [3.8, 4) is 0 Å². The van der Waals surface area contributed by atoms with Crippen LogP contribution in [0.25, 0.3) is 0 Å². The van der Waals surface area contributed by atoms with Crippen LogP contribution in [0, 0.1) is 0 Å². The van der Waals surface area contributed by atoms with E-state index in [9.17, 15) is 21.6 Å². The third kappa shape index (κ3) is 5.22. The third-order valence-corrected chi connectivity index (χ3v) is 9.07. The number of sulfonamides is 2. The summed E-state index contributed by atoms with van der Waals surface area (Å²) in [7, 11) is -7.04. The van der Waals surface area contributed by atoms with Crippen LogP contribution in [-0.2, 0) is 24.8 Å². The molecule has 8 nitrogen and oxygen atoms in total. The topological polar surface area (TPSA) is 101 Å². The van der Waals surface area contributed by atoms with Crippen molar-refractivity contribution in [2.45, 2.75) is 89.3 Å². The summed E-state index contributed by atoms with van der Waals surface area (Å²) in [6, 6.07) is 2.03. The number of nitrogens with zero attached hydrogens (tertiary/aromatic N) is 2. The molecule has 0 atom stereocenters. The van der Waals surface area contributed by atoms with Crippen LogP contribution < -0.4 is 0 Å². The van der Waals surface area contributed by atoms with Crippen molar-refractivity contribution in [1.29, 1.82) is 0 Å². The van der Waals surface area contributed by atoms with Crippen molar-refractivity contribution < 1.29 is 26.4 Å². The van der Waals surface area contributed by atoms with Gasteiger partial charge in [0, 0.05) is 24.2 Å². The van der Waals surface area contributed by atoms with Gasteiger partial charge in [-0.2, -0.15) is 8.61 Å². The lowest BCUT2D eigenvalue weighted by Crippen LogP contribution is -2.43. The molecule has 10 heteroatoms. The van der Waals surface area contributed by atoms with Crippen LogP contribution in [0.5, 0.6) is 0 Å². The molecule has 1 aromatic carbocycles. The van der Waals surface area contributed by atoms with Crippen LogP contribution in [-0.4, -0.2) is 62.7 Å². The van der Waals surface area contributed by atoms with Gasteiger partial charge in [0.1, 0.15) is 0 Å². The van der Waals surface area contributed by atoms with Crippen molar-refractivity contribution in [3.63, 3.8) is 0 Å². The van der Waals surface area contributed by atoms with Crippen LogP contribution in [0.4, 0.5) is 0 Å². The van der Waals surface area contributed by atoms with Gasteiger partial charge >= 0.3 is 5.97 Å². The fourth-order valence-corrected chi connectivity index (χ4v) is 7.67. The molecule has 1 aromatic rings. The largest absolute Gasteiger partial charge is 0.465 e. The third-order valence-electron chi connectivity index (χ3n) is 4.53. The van der Waals surface area contributed by atoms with Crippen LogP contribution in [0.2, 0.25) is 0 Å². The summed E-state index contributed by atoms with van der Waals surface area (Å²) in [5.41, 5.74) is -0.205. The normalized spacial score (nSPS) is 13.3. The summed E-state index contributed by atoms with van der Waals surface area (Å²) < 4.78 is 60.8. The minimum Gasteiger partial charge on any atom is -0.465 e. The van der Waals surface area contributed by atoms with Crippen molar-refractivity contribution in [2.24, 2.45) is 0 Å². The highest BCUT2D eigenvalue weighted by Crippen LogP contribution is 2.29. The van der Waals surface area contributed by atoms with E-state index < -0.39 is 38.1 Å². The fraction of sp³-hybridized carbons (Fsp3) is 0.650. The molecule has 0 aromatic heterocycles. The van der Waals surface area contributed by atoms with Crippen LogP contribution in [0.1, 0.15) is 65.7 Å². The molecular formula is C20H34N2O6S2. The molecule has 0 aliphatic rings. The molecule has 172 valence electrons. The zero-order chi connectivity index (χ0) is 23.6. The van der Waals surface area contributed by atoms with Crippen LogP contribution in [0.3, 0.4) is 0 Å². The highest BCUT2D eigenvalue weighted by atomic mass is 32.2.